The summed E-state index contributed by atoms with van der Waals surface area (Å²) in [7, 11) is 0. The van der Waals surface area contributed by atoms with Crippen LogP contribution in [0.3, 0.4) is 0 Å². The van der Waals surface area contributed by atoms with Gasteiger partial charge in [0.15, 0.2) is 0 Å². The molecule has 0 fully saturated rings. The Balaban J connectivity index is 1.10. The third kappa shape index (κ3) is 4.84. The molecule has 0 heteroatoms. The zero-order chi connectivity index (χ0) is 41.5. The summed E-state index contributed by atoms with van der Waals surface area (Å²) in [4.78, 5) is 0. The van der Waals surface area contributed by atoms with Crippen LogP contribution in [0.15, 0.2) is 194 Å². The second-order valence-electron chi connectivity index (χ2n) is 18.8. The lowest BCUT2D eigenvalue weighted by Crippen LogP contribution is -2.15. The second-order valence-corrected chi connectivity index (χ2v) is 18.8. The van der Waals surface area contributed by atoms with Crippen LogP contribution >= 0.6 is 0 Å². The zero-order valence-electron chi connectivity index (χ0n) is 35.5. The molecule has 0 atom stereocenters. The molecule has 0 saturated heterocycles. The number of benzene rings is 11. The number of fused-ring (bicyclic) bond motifs is 16. The van der Waals surface area contributed by atoms with Crippen molar-refractivity contribution in [1.29, 1.82) is 0 Å². The van der Waals surface area contributed by atoms with E-state index in [1.54, 1.807) is 0 Å². The van der Waals surface area contributed by atoms with Gasteiger partial charge in [0.25, 0.3) is 0 Å². The summed E-state index contributed by atoms with van der Waals surface area (Å²) in [5.74, 6) is 0. The third-order valence-corrected chi connectivity index (χ3v) is 14.8. The number of hydrogen-bond acceptors (Lipinski definition) is 0. The van der Waals surface area contributed by atoms with Gasteiger partial charge >= 0.3 is 0 Å². The van der Waals surface area contributed by atoms with Crippen LogP contribution in [-0.2, 0) is 10.8 Å². The normalized spacial score (nSPS) is 14.4. The molecule has 0 spiro atoms. The van der Waals surface area contributed by atoms with Crippen LogP contribution in [0.2, 0.25) is 0 Å². The molecule has 13 rings (SSSR count). The molecule has 0 aromatic heterocycles. The molecule has 11 aromatic carbocycles. The van der Waals surface area contributed by atoms with Gasteiger partial charge in [0, 0.05) is 10.8 Å². The quantitative estimate of drug-likeness (QED) is 0.156. The Morgan fingerprint density at radius 2 is 0.694 bits per heavy atom. The highest BCUT2D eigenvalue weighted by Gasteiger charge is 2.36. The predicted octanol–water partition coefficient (Wildman–Crippen LogP) is 17.1. The van der Waals surface area contributed by atoms with E-state index in [0.717, 1.165) is 0 Å². The maximum Gasteiger partial charge on any atom is 0.0159 e. The monoisotopic (exact) mass is 788 g/mol. The molecule has 0 nitrogen and oxygen atoms in total. The summed E-state index contributed by atoms with van der Waals surface area (Å²) in [5, 5.41) is 13.0. The molecule has 0 amide bonds. The molecule has 0 heterocycles. The highest BCUT2D eigenvalue weighted by Crippen LogP contribution is 2.52. The molecule has 2 aliphatic carbocycles. The molecular formula is C62H44. The van der Waals surface area contributed by atoms with Crippen molar-refractivity contribution < 1.29 is 0 Å². The smallest absolute Gasteiger partial charge is 0.0159 e. The molecule has 62 heavy (non-hydrogen) atoms. The standard InChI is InChI=1S/C62H44/c1-61(2)55-23-13-11-19-46(55)48-28-26-38(34-57(48)61)40-31-41(39-27-29-49-47-20-12-14-24-56(47)62(3,4)58(49)35-39)33-42(32-40)53-36-54-45-18-8-10-22-51(45)59-43-16-6-5-15-37(43)25-30-52(59)60(54)50-21-9-7-17-44(50)53/h5-36H,1-4H3. The maximum absolute atomic E-state index is 2.50. The first kappa shape index (κ1) is 35.5. The maximum atomic E-state index is 2.50. The third-order valence-electron chi connectivity index (χ3n) is 14.8. The van der Waals surface area contributed by atoms with Crippen LogP contribution in [0.25, 0.3) is 109 Å². The minimum absolute atomic E-state index is 0.0906. The largest absolute Gasteiger partial charge is 0.0619 e. The Labute approximate surface area is 362 Å². The minimum Gasteiger partial charge on any atom is -0.0619 e. The van der Waals surface area contributed by atoms with Crippen molar-refractivity contribution in [3.05, 3.63) is 216 Å². The van der Waals surface area contributed by atoms with Crippen LogP contribution in [0.4, 0.5) is 0 Å². The Morgan fingerprint density at radius 1 is 0.242 bits per heavy atom. The van der Waals surface area contributed by atoms with Crippen LogP contribution in [0.5, 0.6) is 0 Å². The van der Waals surface area contributed by atoms with Gasteiger partial charge in [-0.3, -0.25) is 0 Å². The van der Waals surface area contributed by atoms with Crippen molar-refractivity contribution in [3.63, 3.8) is 0 Å². The van der Waals surface area contributed by atoms with E-state index in [2.05, 4.69) is 222 Å². The Hall–Kier alpha value is -7.28. The molecule has 292 valence electrons. The fourth-order valence-electron chi connectivity index (χ4n) is 11.7. The number of rotatable bonds is 3. The number of hydrogen-bond donors (Lipinski definition) is 0. The highest BCUT2D eigenvalue weighted by atomic mass is 14.4. The molecule has 0 radical (unpaired) electrons. The first-order chi connectivity index (χ1) is 30.3. The van der Waals surface area contributed by atoms with Gasteiger partial charge in [-0.25, -0.2) is 0 Å². The van der Waals surface area contributed by atoms with Crippen LogP contribution < -0.4 is 0 Å². The summed E-state index contributed by atoms with van der Waals surface area (Å²) in [6.45, 7) is 9.52. The molecular weight excluding hydrogens is 745 g/mol. The topological polar surface area (TPSA) is 0 Å². The van der Waals surface area contributed by atoms with Gasteiger partial charge in [-0.1, -0.05) is 185 Å². The molecule has 0 N–H and O–H groups in total. The Morgan fingerprint density at radius 3 is 1.31 bits per heavy atom. The summed E-state index contributed by atoms with van der Waals surface area (Å²) >= 11 is 0. The van der Waals surface area contributed by atoms with E-state index in [4.69, 9.17) is 0 Å². The Bertz CT molecular complexity index is 3620. The van der Waals surface area contributed by atoms with Crippen LogP contribution in [-0.4, -0.2) is 0 Å². The molecule has 0 saturated carbocycles. The second kappa shape index (κ2) is 12.6. The average molecular weight is 789 g/mol. The first-order valence-corrected chi connectivity index (χ1v) is 22.1. The average Bonchev–Trinajstić information content (AvgIpc) is 3.69. The van der Waals surface area contributed by atoms with Gasteiger partial charge in [-0.2, -0.15) is 0 Å². The van der Waals surface area contributed by atoms with E-state index in [0.29, 0.717) is 0 Å². The molecule has 11 aromatic rings. The fourth-order valence-corrected chi connectivity index (χ4v) is 11.7. The lowest BCUT2D eigenvalue weighted by Gasteiger charge is -2.23. The van der Waals surface area contributed by atoms with Gasteiger partial charge < -0.3 is 0 Å². The van der Waals surface area contributed by atoms with Crippen molar-refractivity contribution in [3.8, 4) is 55.6 Å². The van der Waals surface area contributed by atoms with Gasteiger partial charge in [-0.15, -0.1) is 0 Å². The zero-order valence-corrected chi connectivity index (χ0v) is 35.5. The molecule has 0 aliphatic heterocycles. The SMILES string of the molecule is CC1(C)c2ccccc2-c2ccc(-c3cc(-c4ccc5c(c4)C(C)(C)c4ccccc4-5)cc(-c4cc5c6ccccc6c6c7ccccc7ccc6c5c5ccccc45)c3)cc21. The lowest BCUT2D eigenvalue weighted by atomic mass is 9.80. The first-order valence-electron chi connectivity index (χ1n) is 22.1. The van der Waals surface area contributed by atoms with Crippen molar-refractivity contribution in [1.82, 2.24) is 0 Å². The molecule has 0 unspecified atom stereocenters. The van der Waals surface area contributed by atoms with Crippen molar-refractivity contribution in [2.24, 2.45) is 0 Å². The van der Waals surface area contributed by atoms with E-state index >= 15 is 0 Å². The predicted molar refractivity (Wildman–Crippen MR) is 265 cm³/mol. The highest BCUT2D eigenvalue weighted by molar-refractivity contribution is 6.36. The van der Waals surface area contributed by atoms with Crippen molar-refractivity contribution in [2.75, 3.05) is 0 Å². The minimum atomic E-state index is -0.0906. The van der Waals surface area contributed by atoms with Gasteiger partial charge in [0.05, 0.1) is 0 Å². The van der Waals surface area contributed by atoms with Crippen molar-refractivity contribution in [2.45, 2.75) is 38.5 Å². The van der Waals surface area contributed by atoms with Crippen LogP contribution in [0, 0.1) is 0 Å². The summed E-state index contributed by atoms with van der Waals surface area (Å²) in [6, 6.07) is 73.8. The molecule has 2 aliphatic rings. The van der Waals surface area contributed by atoms with E-state index in [9.17, 15) is 0 Å². The van der Waals surface area contributed by atoms with Gasteiger partial charge in [0.2, 0.25) is 0 Å². The van der Waals surface area contributed by atoms with E-state index in [-0.39, 0.29) is 10.8 Å². The Kier molecular flexibility index (Phi) is 7.23. The van der Waals surface area contributed by atoms with Gasteiger partial charge in [0.1, 0.15) is 0 Å². The van der Waals surface area contributed by atoms with E-state index < -0.39 is 0 Å². The van der Waals surface area contributed by atoms with Crippen molar-refractivity contribution >= 4 is 53.9 Å². The van der Waals surface area contributed by atoms with E-state index in [1.165, 1.54) is 132 Å². The van der Waals surface area contributed by atoms with Gasteiger partial charge in [-0.05, 0) is 168 Å². The van der Waals surface area contributed by atoms with Crippen LogP contribution in [0.1, 0.15) is 49.9 Å². The van der Waals surface area contributed by atoms with E-state index in [1.807, 2.05) is 0 Å². The lowest BCUT2D eigenvalue weighted by molar-refractivity contribution is 0.660. The fraction of sp³-hybridized carbons (Fsp3) is 0.0968. The summed E-state index contributed by atoms with van der Waals surface area (Å²) in [6.07, 6.45) is 0. The summed E-state index contributed by atoms with van der Waals surface area (Å²) < 4.78 is 0. The molecule has 0 bridgehead atoms. The summed E-state index contributed by atoms with van der Waals surface area (Å²) in [5.41, 5.74) is 18.2.